The van der Waals surface area contributed by atoms with Crippen molar-refractivity contribution < 1.29 is 25.0 Å². The average molecular weight is 245 g/mol. The fourth-order valence-electron chi connectivity index (χ4n) is 1.76. The first-order valence-corrected chi connectivity index (χ1v) is 4.86. The minimum atomic E-state index is -1.36. The molecule has 0 saturated carbocycles. The standard InChI is InChI=1S/C8H11N3O6/c12-3-4-5(13)6(14)7(17-4)10-2-1-9-8(10)11(15)16/h1-2,4-7,12-14H,3H2/t4-,5-,6-,7?/m1/s1. The second-order valence-electron chi connectivity index (χ2n) is 3.62. The number of imidazole rings is 1. The van der Waals surface area contributed by atoms with E-state index in [1.54, 1.807) is 0 Å². The molecule has 17 heavy (non-hydrogen) atoms. The molecule has 4 atom stereocenters. The van der Waals surface area contributed by atoms with E-state index in [4.69, 9.17) is 9.84 Å². The van der Waals surface area contributed by atoms with E-state index in [1.165, 1.54) is 12.4 Å². The Morgan fingerprint density at radius 1 is 1.53 bits per heavy atom. The minimum Gasteiger partial charge on any atom is -0.394 e. The van der Waals surface area contributed by atoms with Crippen LogP contribution in [-0.2, 0) is 4.74 Å². The summed E-state index contributed by atoms with van der Waals surface area (Å²) in [7, 11) is 0. The van der Waals surface area contributed by atoms with Gasteiger partial charge in [-0.3, -0.25) is 0 Å². The third-order valence-corrected chi connectivity index (χ3v) is 2.60. The molecule has 0 radical (unpaired) electrons. The van der Waals surface area contributed by atoms with Gasteiger partial charge in [0.05, 0.1) is 6.61 Å². The fraction of sp³-hybridized carbons (Fsp3) is 0.625. The van der Waals surface area contributed by atoms with Crippen molar-refractivity contribution >= 4 is 5.95 Å². The molecule has 9 nitrogen and oxygen atoms in total. The Hall–Kier alpha value is -1.55. The second kappa shape index (κ2) is 4.37. The number of nitrogens with zero attached hydrogens (tertiary/aromatic N) is 3. The molecule has 0 amide bonds. The maximum atomic E-state index is 10.7. The van der Waals surface area contributed by atoms with Crippen LogP contribution in [0.2, 0.25) is 0 Å². The predicted octanol–water partition coefficient (Wildman–Crippen LogP) is -1.60. The van der Waals surface area contributed by atoms with Gasteiger partial charge in [0.2, 0.25) is 6.23 Å². The van der Waals surface area contributed by atoms with Crippen molar-refractivity contribution in [3.8, 4) is 0 Å². The number of aliphatic hydroxyl groups excluding tert-OH is 3. The van der Waals surface area contributed by atoms with Gasteiger partial charge >= 0.3 is 5.95 Å². The first-order chi connectivity index (χ1) is 8.06. The molecule has 1 aromatic heterocycles. The van der Waals surface area contributed by atoms with Gasteiger partial charge in [0.15, 0.2) is 0 Å². The van der Waals surface area contributed by atoms with E-state index in [9.17, 15) is 20.3 Å². The maximum absolute atomic E-state index is 10.7. The van der Waals surface area contributed by atoms with Gasteiger partial charge in [-0.2, -0.15) is 4.57 Å². The van der Waals surface area contributed by atoms with Crippen LogP contribution in [0.25, 0.3) is 0 Å². The van der Waals surface area contributed by atoms with Crippen LogP contribution < -0.4 is 0 Å². The average Bonchev–Trinajstić information content (AvgIpc) is 2.86. The number of rotatable bonds is 3. The van der Waals surface area contributed by atoms with E-state index in [-0.39, 0.29) is 0 Å². The van der Waals surface area contributed by atoms with E-state index < -0.39 is 42.0 Å². The maximum Gasteiger partial charge on any atom is 0.436 e. The third-order valence-electron chi connectivity index (χ3n) is 2.60. The molecule has 0 aromatic carbocycles. The highest BCUT2D eigenvalue weighted by molar-refractivity contribution is 5.09. The summed E-state index contributed by atoms with van der Waals surface area (Å²) in [5.74, 6) is -0.500. The first kappa shape index (κ1) is 11.9. The number of ether oxygens (including phenoxy) is 1. The molecular weight excluding hydrogens is 234 g/mol. The Bertz CT molecular complexity index is 421. The van der Waals surface area contributed by atoms with Crippen LogP contribution in [0.4, 0.5) is 5.95 Å². The number of hydrogen-bond acceptors (Lipinski definition) is 7. The van der Waals surface area contributed by atoms with Gasteiger partial charge in [0.1, 0.15) is 30.7 Å². The Kier molecular flexibility index (Phi) is 3.07. The minimum absolute atomic E-state index is 0.489. The second-order valence-corrected chi connectivity index (χ2v) is 3.62. The number of hydrogen-bond donors (Lipinski definition) is 3. The molecule has 2 rings (SSSR count). The molecule has 1 saturated heterocycles. The van der Waals surface area contributed by atoms with Crippen LogP contribution >= 0.6 is 0 Å². The normalized spacial score (nSPS) is 32.9. The zero-order valence-corrected chi connectivity index (χ0v) is 8.58. The molecule has 1 aliphatic heterocycles. The SMILES string of the molecule is O=[N+]([O-])c1nccn1C1O[C@H](CO)[C@@H](O)[C@H]1O. The largest absolute Gasteiger partial charge is 0.436 e. The highest BCUT2D eigenvalue weighted by Gasteiger charge is 2.46. The van der Waals surface area contributed by atoms with E-state index in [2.05, 4.69) is 4.98 Å². The molecule has 1 aliphatic rings. The highest BCUT2D eigenvalue weighted by atomic mass is 16.6. The Balaban J connectivity index is 2.29. The Labute approximate surface area is 95.0 Å². The summed E-state index contributed by atoms with van der Waals surface area (Å²) in [4.78, 5) is 13.4. The van der Waals surface area contributed by atoms with Crippen molar-refractivity contribution in [2.45, 2.75) is 24.5 Å². The van der Waals surface area contributed by atoms with Gasteiger partial charge in [-0.1, -0.05) is 4.98 Å². The fourth-order valence-corrected chi connectivity index (χ4v) is 1.76. The highest BCUT2D eigenvalue weighted by Crippen LogP contribution is 2.31. The van der Waals surface area contributed by atoms with E-state index in [0.29, 0.717) is 0 Å². The van der Waals surface area contributed by atoms with Crippen molar-refractivity contribution in [3.63, 3.8) is 0 Å². The lowest BCUT2D eigenvalue weighted by Gasteiger charge is -2.13. The first-order valence-electron chi connectivity index (χ1n) is 4.86. The molecule has 0 bridgehead atoms. The lowest BCUT2D eigenvalue weighted by Crippen LogP contribution is -2.33. The summed E-state index contributed by atoms with van der Waals surface area (Å²) >= 11 is 0. The monoisotopic (exact) mass is 245 g/mol. The molecule has 9 heteroatoms. The summed E-state index contributed by atoms with van der Waals surface area (Å²) in [6, 6.07) is 0. The lowest BCUT2D eigenvalue weighted by atomic mass is 10.1. The van der Waals surface area contributed by atoms with Crippen molar-refractivity contribution in [3.05, 3.63) is 22.5 Å². The van der Waals surface area contributed by atoms with Crippen LogP contribution in [0, 0.1) is 10.1 Å². The van der Waals surface area contributed by atoms with Crippen molar-refractivity contribution in [2.75, 3.05) is 6.61 Å². The molecule has 1 unspecified atom stereocenters. The molecule has 94 valence electrons. The van der Waals surface area contributed by atoms with Crippen LogP contribution in [0.3, 0.4) is 0 Å². The zero-order valence-electron chi connectivity index (χ0n) is 8.58. The quantitative estimate of drug-likeness (QED) is 0.431. The third kappa shape index (κ3) is 1.89. The van der Waals surface area contributed by atoms with Gasteiger partial charge in [0, 0.05) is 0 Å². The molecule has 1 fully saturated rings. The van der Waals surface area contributed by atoms with E-state index in [0.717, 1.165) is 4.57 Å². The molecule has 2 heterocycles. The molecule has 0 spiro atoms. The Morgan fingerprint density at radius 3 is 2.76 bits per heavy atom. The van der Waals surface area contributed by atoms with Gasteiger partial charge in [0.25, 0.3) is 0 Å². The molecule has 3 N–H and O–H groups in total. The van der Waals surface area contributed by atoms with Crippen molar-refractivity contribution in [2.24, 2.45) is 0 Å². The summed E-state index contributed by atoms with van der Waals surface area (Å²) in [6.07, 6.45) is -2.32. The number of nitro groups is 1. The lowest BCUT2D eigenvalue weighted by molar-refractivity contribution is -0.398. The smallest absolute Gasteiger partial charge is 0.394 e. The predicted molar refractivity (Wildman–Crippen MR) is 51.9 cm³/mol. The van der Waals surface area contributed by atoms with Gasteiger partial charge < -0.3 is 30.2 Å². The van der Waals surface area contributed by atoms with Crippen LogP contribution in [0.5, 0.6) is 0 Å². The zero-order chi connectivity index (χ0) is 12.6. The van der Waals surface area contributed by atoms with Crippen LogP contribution in [-0.4, -0.2) is 54.7 Å². The Morgan fingerprint density at radius 2 is 2.24 bits per heavy atom. The van der Waals surface area contributed by atoms with Crippen LogP contribution in [0.1, 0.15) is 6.23 Å². The summed E-state index contributed by atoms with van der Waals surface area (Å²) in [6.45, 7) is -0.489. The molecule has 1 aromatic rings. The van der Waals surface area contributed by atoms with Crippen LogP contribution in [0.15, 0.2) is 12.4 Å². The van der Waals surface area contributed by atoms with Crippen molar-refractivity contribution in [1.82, 2.24) is 9.55 Å². The summed E-state index contributed by atoms with van der Waals surface area (Å²) in [5, 5.41) is 38.7. The number of aromatic nitrogens is 2. The summed E-state index contributed by atoms with van der Waals surface area (Å²) < 4.78 is 6.14. The molecular formula is C8H11N3O6. The van der Waals surface area contributed by atoms with Crippen molar-refractivity contribution in [1.29, 1.82) is 0 Å². The van der Waals surface area contributed by atoms with Gasteiger partial charge in [-0.05, 0) is 4.92 Å². The van der Waals surface area contributed by atoms with E-state index >= 15 is 0 Å². The van der Waals surface area contributed by atoms with Gasteiger partial charge in [-0.25, -0.2) is 0 Å². The van der Waals surface area contributed by atoms with Gasteiger partial charge in [-0.15, -0.1) is 0 Å². The molecule has 0 aliphatic carbocycles. The topological polar surface area (TPSA) is 131 Å². The van der Waals surface area contributed by atoms with E-state index in [1.807, 2.05) is 0 Å². The summed E-state index contributed by atoms with van der Waals surface area (Å²) in [5.41, 5.74) is 0. The number of aliphatic hydroxyl groups is 3.